The Morgan fingerprint density at radius 2 is 1.86 bits per heavy atom. The first kappa shape index (κ1) is 17.7. The SMILES string of the molecule is CN(C)CCCCNS(=O)(=O)c1ccc(C#CCN)cc1. The van der Waals surface area contributed by atoms with Gasteiger partial charge in [-0.1, -0.05) is 11.8 Å². The fourth-order valence-corrected chi connectivity index (χ4v) is 2.79. The van der Waals surface area contributed by atoms with E-state index in [-0.39, 0.29) is 11.4 Å². The molecule has 0 atom stereocenters. The average Bonchev–Trinajstić information content (AvgIpc) is 2.44. The van der Waals surface area contributed by atoms with Gasteiger partial charge in [-0.15, -0.1) is 0 Å². The minimum Gasteiger partial charge on any atom is -0.320 e. The smallest absolute Gasteiger partial charge is 0.240 e. The molecule has 0 saturated carbocycles. The number of hydrogen-bond donors (Lipinski definition) is 2. The number of unbranched alkanes of at least 4 members (excludes halogenated alkanes) is 1. The van der Waals surface area contributed by atoms with E-state index in [2.05, 4.69) is 21.5 Å². The zero-order chi connectivity index (χ0) is 15.7. The van der Waals surface area contributed by atoms with E-state index in [0.717, 1.165) is 24.9 Å². The van der Waals surface area contributed by atoms with Crippen LogP contribution >= 0.6 is 0 Å². The summed E-state index contributed by atoms with van der Waals surface area (Å²) in [7, 11) is 0.564. The molecule has 1 aromatic rings. The lowest BCUT2D eigenvalue weighted by atomic mass is 10.2. The quantitative estimate of drug-likeness (QED) is 0.572. The summed E-state index contributed by atoms with van der Waals surface area (Å²) in [6.07, 6.45) is 1.78. The molecule has 0 aliphatic rings. The van der Waals surface area contributed by atoms with Gasteiger partial charge in [0.2, 0.25) is 10.0 Å². The molecule has 5 nitrogen and oxygen atoms in total. The van der Waals surface area contributed by atoms with Crippen molar-refractivity contribution in [1.29, 1.82) is 0 Å². The van der Waals surface area contributed by atoms with Gasteiger partial charge in [-0.05, 0) is 57.7 Å². The molecule has 0 amide bonds. The van der Waals surface area contributed by atoms with Gasteiger partial charge in [0.25, 0.3) is 0 Å². The Labute approximate surface area is 127 Å². The zero-order valence-electron chi connectivity index (χ0n) is 12.6. The normalized spacial score (nSPS) is 11.2. The fraction of sp³-hybridized carbons (Fsp3) is 0.467. The lowest BCUT2D eigenvalue weighted by Gasteiger charge is -2.10. The van der Waals surface area contributed by atoms with Crippen molar-refractivity contribution in [3.63, 3.8) is 0 Å². The van der Waals surface area contributed by atoms with Crippen LogP contribution in [0.15, 0.2) is 29.2 Å². The zero-order valence-corrected chi connectivity index (χ0v) is 13.4. The van der Waals surface area contributed by atoms with Gasteiger partial charge in [0.05, 0.1) is 11.4 Å². The van der Waals surface area contributed by atoms with Crippen LogP contribution in [0.1, 0.15) is 18.4 Å². The van der Waals surface area contributed by atoms with Gasteiger partial charge in [-0.25, -0.2) is 13.1 Å². The predicted molar refractivity (Wildman–Crippen MR) is 85.4 cm³/mol. The molecule has 0 aromatic heterocycles. The van der Waals surface area contributed by atoms with Crippen molar-refractivity contribution in [3.05, 3.63) is 29.8 Å². The van der Waals surface area contributed by atoms with E-state index < -0.39 is 10.0 Å². The maximum Gasteiger partial charge on any atom is 0.240 e. The molecule has 0 bridgehead atoms. The number of nitrogens with zero attached hydrogens (tertiary/aromatic N) is 1. The van der Waals surface area contributed by atoms with Gasteiger partial charge in [0.15, 0.2) is 0 Å². The van der Waals surface area contributed by atoms with Crippen LogP contribution in [0.5, 0.6) is 0 Å². The van der Waals surface area contributed by atoms with Crippen LogP contribution in [-0.2, 0) is 10.0 Å². The Bertz CT molecular complexity index is 584. The van der Waals surface area contributed by atoms with E-state index in [1.54, 1.807) is 24.3 Å². The van der Waals surface area contributed by atoms with Crippen molar-refractivity contribution >= 4 is 10.0 Å². The number of rotatable bonds is 7. The van der Waals surface area contributed by atoms with Gasteiger partial charge < -0.3 is 10.6 Å². The lowest BCUT2D eigenvalue weighted by Crippen LogP contribution is -2.25. The van der Waals surface area contributed by atoms with Crippen LogP contribution in [0.3, 0.4) is 0 Å². The third-order valence-corrected chi connectivity index (χ3v) is 4.30. The van der Waals surface area contributed by atoms with E-state index in [1.807, 2.05) is 14.1 Å². The van der Waals surface area contributed by atoms with E-state index >= 15 is 0 Å². The molecule has 0 fully saturated rings. The Morgan fingerprint density at radius 3 is 2.43 bits per heavy atom. The van der Waals surface area contributed by atoms with Crippen molar-refractivity contribution in [3.8, 4) is 11.8 Å². The largest absolute Gasteiger partial charge is 0.320 e. The Kier molecular flexibility index (Phi) is 7.40. The second-order valence-corrected chi connectivity index (χ2v) is 6.71. The number of hydrogen-bond acceptors (Lipinski definition) is 4. The molecule has 1 rings (SSSR count). The first-order chi connectivity index (χ1) is 9.95. The Morgan fingerprint density at radius 1 is 1.19 bits per heavy atom. The van der Waals surface area contributed by atoms with Crippen LogP contribution in [-0.4, -0.2) is 47.0 Å². The highest BCUT2D eigenvalue weighted by Crippen LogP contribution is 2.10. The summed E-state index contributed by atoms with van der Waals surface area (Å²) in [4.78, 5) is 2.34. The maximum absolute atomic E-state index is 12.1. The third kappa shape index (κ3) is 6.74. The number of sulfonamides is 1. The van der Waals surface area contributed by atoms with Crippen LogP contribution in [0.4, 0.5) is 0 Å². The van der Waals surface area contributed by atoms with Gasteiger partial charge in [-0.2, -0.15) is 0 Å². The highest BCUT2D eigenvalue weighted by molar-refractivity contribution is 7.89. The molecule has 0 aliphatic heterocycles. The molecular formula is C15H23N3O2S. The summed E-state index contributed by atoms with van der Waals surface area (Å²) in [5, 5.41) is 0. The van der Waals surface area contributed by atoms with Crippen LogP contribution in [0.25, 0.3) is 0 Å². The predicted octanol–water partition coefficient (Wildman–Crippen LogP) is 0.617. The minimum absolute atomic E-state index is 0.258. The third-order valence-electron chi connectivity index (χ3n) is 2.82. The molecular weight excluding hydrogens is 286 g/mol. The molecule has 21 heavy (non-hydrogen) atoms. The molecule has 0 heterocycles. The highest BCUT2D eigenvalue weighted by Gasteiger charge is 2.12. The molecule has 0 spiro atoms. The Balaban J connectivity index is 2.54. The summed E-state index contributed by atoms with van der Waals surface area (Å²) < 4.78 is 26.8. The summed E-state index contributed by atoms with van der Waals surface area (Å²) in [5.41, 5.74) is 6.05. The number of benzene rings is 1. The van der Waals surface area contributed by atoms with Gasteiger partial charge in [0, 0.05) is 12.1 Å². The standard InChI is InChI=1S/C15H23N3O2S/c1-18(2)13-4-3-12-17-21(19,20)15-9-7-14(8-10-15)6-5-11-16/h7-10,17H,3-4,11-13,16H2,1-2H3. The monoisotopic (exact) mass is 309 g/mol. The first-order valence-electron chi connectivity index (χ1n) is 6.89. The van der Waals surface area contributed by atoms with Crippen LogP contribution in [0, 0.1) is 11.8 Å². The molecule has 0 saturated heterocycles. The molecule has 116 valence electrons. The highest BCUT2D eigenvalue weighted by atomic mass is 32.2. The molecule has 6 heteroatoms. The number of nitrogens with two attached hydrogens (primary N) is 1. The molecule has 0 aliphatic carbocycles. The summed E-state index contributed by atoms with van der Waals surface area (Å²) >= 11 is 0. The van der Waals surface area contributed by atoms with Gasteiger partial charge in [-0.3, -0.25) is 0 Å². The molecule has 1 aromatic carbocycles. The molecule has 3 N–H and O–H groups in total. The average molecular weight is 309 g/mol. The minimum atomic E-state index is -3.43. The fourth-order valence-electron chi connectivity index (χ4n) is 1.71. The second kappa shape index (κ2) is 8.80. The maximum atomic E-state index is 12.1. The van der Waals surface area contributed by atoms with E-state index in [1.165, 1.54) is 0 Å². The first-order valence-corrected chi connectivity index (χ1v) is 8.37. The summed E-state index contributed by atoms with van der Waals surface area (Å²) in [5.74, 6) is 5.59. The van der Waals surface area contributed by atoms with Crippen LogP contribution in [0.2, 0.25) is 0 Å². The van der Waals surface area contributed by atoms with E-state index in [4.69, 9.17) is 5.73 Å². The van der Waals surface area contributed by atoms with Crippen molar-refractivity contribution in [2.24, 2.45) is 5.73 Å². The van der Waals surface area contributed by atoms with Crippen molar-refractivity contribution in [1.82, 2.24) is 9.62 Å². The lowest BCUT2D eigenvalue weighted by molar-refractivity contribution is 0.394. The molecule has 0 radical (unpaired) electrons. The van der Waals surface area contributed by atoms with Crippen molar-refractivity contribution in [2.75, 3.05) is 33.7 Å². The summed E-state index contributed by atoms with van der Waals surface area (Å²) in [6, 6.07) is 6.48. The van der Waals surface area contributed by atoms with E-state index in [9.17, 15) is 8.42 Å². The second-order valence-electron chi connectivity index (χ2n) is 4.94. The molecule has 0 unspecified atom stereocenters. The van der Waals surface area contributed by atoms with Crippen molar-refractivity contribution < 1.29 is 8.42 Å². The number of nitrogens with one attached hydrogen (secondary N) is 1. The van der Waals surface area contributed by atoms with Crippen molar-refractivity contribution in [2.45, 2.75) is 17.7 Å². The van der Waals surface area contributed by atoms with Crippen LogP contribution < -0.4 is 10.5 Å². The van der Waals surface area contributed by atoms with Gasteiger partial charge >= 0.3 is 0 Å². The van der Waals surface area contributed by atoms with E-state index in [0.29, 0.717) is 6.54 Å². The Hall–Kier alpha value is -1.39. The topological polar surface area (TPSA) is 75.4 Å². The summed E-state index contributed by atoms with van der Waals surface area (Å²) in [6.45, 7) is 1.69. The van der Waals surface area contributed by atoms with Gasteiger partial charge in [0.1, 0.15) is 0 Å².